The van der Waals surface area contributed by atoms with Crippen molar-refractivity contribution in [3.8, 4) is 0 Å². The van der Waals surface area contributed by atoms with E-state index in [0.29, 0.717) is 0 Å². The van der Waals surface area contributed by atoms with Crippen molar-refractivity contribution in [3.05, 3.63) is 40.0 Å². The van der Waals surface area contributed by atoms with Crippen molar-refractivity contribution >= 4 is 23.1 Å². The number of hydrogen-bond acceptors (Lipinski definition) is 6. The Balaban J connectivity index is 1.64. The first-order valence-corrected chi connectivity index (χ1v) is 8.92. The summed E-state index contributed by atoms with van der Waals surface area (Å²) in [5.41, 5.74) is 0.842. The van der Waals surface area contributed by atoms with Gasteiger partial charge in [-0.25, -0.2) is 9.97 Å². The minimum Gasteiger partial charge on any atom is -0.353 e. The number of anilines is 1. The van der Waals surface area contributed by atoms with E-state index in [-0.39, 0.29) is 5.91 Å². The highest BCUT2D eigenvalue weighted by atomic mass is 32.1. The van der Waals surface area contributed by atoms with E-state index in [0.717, 1.165) is 54.1 Å². The molecule has 0 N–H and O–H groups in total. The SMILES string of the molecule is Cc1nc(CN(C)C)sc1C(=O)N1CCN(c2ccccn2)CC1. The van der Waals surface area contributed by atoms with Gasteiger partial charge in [0.15, 0.2) is 0 Å². The topological polar surface area (TPSA) is 52.6 Å². The fraction of sp³-hybridized carbons (Fsp3) is 0.471. The molecule has 0 aromatic carbocycles. The first kappa shape index (κ1) is 16.9. The molecule has 1 saturated heterocycles. The lowest BCUT2D eigenvalue weighted by Crippen LogP contribution is -2.49. The summed E-state index contributed by atoms with van der Waals surface area (Å²) in [6.07, 6.45) is 1.81. The van der Waals surface area contributed by atoms with E-state index in [1.165, 1.54) is 11.3 Å². The Bertz CT molecular complexity index is 692. The van der Waals surface area contributed by atoms with Gasteiger partial charge in [-0.3, -0.25) is 4.79 Å². The molecule has 0 aliphatic carbocycles. The van der Waals surface area contributed by atoms with Crippen molar-refractivity contribution in [1.82, 2.24) is 19.8 Å². The summed E-state index contributed by atoms with van der Waals surface area (Å²) in [6.45, 7) is 5.75. The maximum Gasteiger partial charge on any atom is 0.265 e. The molecule has 3 rings (SSSR count). The average Bonchev–Trinajstić information content (AvgIpc) is 2.94. The predicted molar refractivity (Wildman–Crippen MR) is 96.6 cm³/mol. The Labute approximate surface area is 146 Å². The summed E-state index contributed by atoms with van der Waals surface area (Å²) in [4.78, 5) is 28.7. The van der Waals surface area contributed by atoms with E-state index < -0.39 is 0 Å². The van der Waals surface area contributed by atoms with Crippen LogP contribution in [0, 0.1) is 6.92 Å². The molecule has 7 heteroatoms. The van der Waals surface area contributed by atoms with Gasteiger partial charge in [-0.1, -0.05) is 6.07 Å². The molecule has 0 saturated carbocycles. The normalized spacial score (nSPS) is 15.2. The number of amides is 1. The summed E-state index contributed by atoms with van der Waals surface area (Å²) in [5.74, 6) is 1.09. The number of aromatic nitrogens is 2. The van der Waals surface area contributed by atoms with E-state index in [9.17, 15) is 4.79 Å². The molecular weight excluding hydrogens is 322 g/mol. The van der Waals surface area contributed by atoms with Crippen LogP contribution in [-0.4, -0.2) is 65.9 Å². The minimum atomic E-state index is 0.107. The van der Waals surface area contributed by atoms with Gasteiger partial charge in [0.25, 0.3) is 5.91 Å². The Hall–Kier alpha value is -1.99. The molecule has 2 aromatic rings. The van der Waals surface area contributed by atoms with E-state index in [1.54, 1.807) is 6.20 Å². The Morgan fingerprint density at radius 3 is 2.62 bits per heavy atom. The monoisotopic (exact) mass is 345 g/mol. The second-order valence-corrected chi connectivity index (χ2v) is 7.31. The van der Waals surface area contributed by atoms with E-state index in [1.807, 2.05) is 44.1 Å². The largest absolute Gasteiger partial charge is 0.353 e. The zero-order chi connectivity index (χ0) is 17.1. The van der Waals surface area contributed by atoms with Crippen molar-refractivity contribution in [2.45, 2.75) is 13.5 Å². The van der Waals surface area contributed by atoms with Gasteiger partial charge in [0.05, 0.1) is 5.69 Å². The highest BCUT2D eigenvalue weighted by Gasteiger charge is 2.25. The zero-order valence-electron chi connectivity index (χ0n) is 14.4. The minimum absolute atomic E-state index is 0.107. The van der Waals surface area contributed by atoms with Crippen LogP contribution in [0.4, 0.5) is 5.82 Å². The lowest BCUT2D eigenvalue weighted by molar-refractivity contribution is 0.0750. The molecule has 3 heterocycles. The van der Waals surface area contributed by atoms with Crippen LogP contribution >= 0.6 is 11.3 Å². The predicted octanol–water partition coefficient (Wildman–Crippen LogP) is 1.87. The van der Waals surface area contributed by atoms with Gasteiger partial charge in [0.1, 0.15) is 15.7 Å². The van der Waals surface area contributed by atoms with Gasteiger partial charge in [-0.05, 0) is 33.2 Å². The van der Waals surface area contributed by atoms with Gasteiger partial charge in [-0.15, -0.1) is 11.3 Å². The van der Waals surface area contributed by atoms with Gasteiger partial charge in [0, 0.05) is 38.9 Å². The third-order valence-electron chi connectivity index (χ3n) is 4.03. The summed E-state index contributed by atoms with van der Waals surface area (Å²) in [7, 11) is 4.02. The van der Waals surface area contributed by atoms with Crippen LogP contribution in [0.25, 0.3) is 0 Å². The van der Waals surface area contributed by atoms with Crippen molar-refractivity contribution in [1.29, 1.82) is 0 Å². The highest BCUT2D eigenvalue weighted by Crippen LogP contribution is 2.22. The summed E-state index contributed by atoms with van der Waals surface area (Å²) in [5, 5.41) is 0.993. The Morgan fingerprint density at radius 2 is 2.00 bits per heavy atom. The third kappa shape index (κ3) is 3.73. The number of rotatable bonds is 4. The average molecular weight is 345 g/mol. The van der Waals surface area contributed by atoms with Crippen molar-refractivity contribution in [3.63, 3.8) is 0 Å². The number of carbonyl (C=O) groups excluding carboxylic acids is 1. The molecule has 1 fully saturated rings. The fourth-order valence-corrected chi connectivity index (χ4v) is 3.96. The quantitative estimate of drug-likeness (QED) is 0.847. The second-order valence-electron chi connectivity index (χ2n) is 6.23. The van der Waals surface area contributed by atoms with E-state index in [2.05, 4.69) is 19.8 Å². The van der Waals surface area contributed by atoms with Crippen LogP contribution in [0.2, 0.25) is 0 Å². The van der Waals surface area contributed by atoms with Crippen molar-refractivity contribution in [2.24, 2.45) is 0 Å². The van der Waals surface area contributed by atoms with Crippen LogP contribution in [0.1, 0.15) is 20.4 Å². The molecule has 0 radical (unpaired) electrons. The summed E-state index contributed by atoms with van der Waals surface area (Å²) >= 11 is 1.52. The van der Waals surface area contributed by atoms with Crippen LogP contribution in [0.5, 0.6) is 0 Å². The molecule has 0 atom stereocenters. The number of piperazine rings is 1. The van der Waals surface area contributed by atoms with Gasteiger partial charge in [-0.2, -0.15) is 0 Å². The van der Waals surface area contributed by atoms with Gasteiger partial charge in [0.2, 0.25) is 0 Å². The number of pyridine rings is 1. The fourth-order valence-electron chi connectivity index (χ4n) is 2.81. The zero-order valence-corrected chi connectivity index (χ0v) is 15.2. The van der Waals surface area contributed by atoms with Crippen LogP contribution in [0.3, 0.4) is 0 Å². The number of thiazole rings is 1. The molecule has 0 unspecified atom stereocenters. The smallest absolute Gasteiger partial charge is 0.265 e. The van der Waals surface area contributed by atoms with E-state index >= 15 is 0 Å². The summed E-state index contributed by atoms with van der Waals surface area (Å²) in [6, 6.07) is 5.92. The maximum atomic E-state index is 12.8. The lowest BCUT2D eigenvalue weighted by Gasteiger charge is -2.35. The van der Waals surface area contributed by atoms with Gasteiger partial charge >= 0.3 is 0 Å². The van der Waals surface area contributed by atoms with Crippen molar-refractivity contribution < 1.29 is 4.79 Å². The third-order valence-corrected chi connectivity index (χ3v) is 5.16. The molecule has 1 aliphatic rings. The molecule has 1 amide bonds. The highest BCUT2D eigenvalue weighted by molar-refractivity contribution is 7.13. The second kappa shape index (κ2) is 7.27. The Kier molecular flexibility index (Phi) is 5.11. The van der Waals surface area contributed by atoms with Crippen molar-refractivity contribution in [2.75, 3.05) is 45.2 Å². The van der Waals surface area contributed by atoms with Gasteiger partial charge < -0.3 is 14.7 Å². The maximum absolute atomic E-state index is 12.8. The molecule has 0 bridgehead atoms. The number of hydrogen-bond donors (Lipinski definition) is 0. The summed E-state index contributed by atoms with van der Waals surface area (Å²) < 4.78 is 0. The Morgan fingerprint density at radius 1 is 1.25 bits per heavy atom. The first-order chi connectivity index (χ1) is 11.5. The molecule has 24 heavy (non-hydrogen) atoms. The molecule has 6 nitrogen and oxygen atoms in total. The molecule has 128 valence electrons. The first-order valence-electron chi connectivity index (χ1n) is 8.11. The molecular formula is C17H23N5OS. The number of nitrogens with zero attached hydrogens (tertiary/aromatic N) is 5. The molecule has 1 aliphatic heterocycles. The molecule has 0 spiro atoms. The molecule has 2 aromatic heterocycles. The van der Waals surface area contributed by atoms with E-state index in [4.69, 9.17) is 0 Å². The lowest BCUT2D eigenvalue weighted by atomic mass is 10.2. The van der Waals surface area contributed by atoms with Crippen LogP contribution < -0.4 is 4.90 Å². The number of aryl methyl sites for hydroxylation is 1. The number of carbonyl (C=O) groups is 1. The van der Waals surface area contributed by atoms with Crippen LogP contribution in [0.15, 0.2) is 24.4 Å². The van der Waals surface area contributed by atoms with Crippen LogP contribution in [-0.2, 0) is 6.54 Å². The standard InChI is InChI=1S/C17H23N5OS/c1-13-16(24-15(19-13)12-20(2)3)17(23)22-10-8-21(9-11-22)14-6-4-5-7-18-14/h4-7H,8-12H2,1-3H3.